The zero-order valence-corrected chi connectivity index (χ0v) is 17.0. The van der Waals surface area contributed by atoms with E-state index in [1.54, 1.807) is 15.8 Å². The van der Waals surface area contributed by atoms with E-state index in [4.69, 9.17) is 4.52 Å². The van der Waals surface area contributed by atoms with E-state index in [1.165, 1.54) is 11.1 Å². The Morgan fingerprint density at radius 1 is 1.17 bits per heavy atom. The fourth-order valence-corrected chi connectivity index (χ4v) is 3.64. The maximum absolute atomic E-state index is 13.0. The number of hydrogen-bond donors (Lipinski definition) is 0. The number of benzene rings is 1. The van der Waals surface area contributed by atoms with Crippen LogP contribution in [0.3, 0.4) is 0 Å². The molecule has 1 aliphatic heterocycles. The van der Waals surface area contributed by atoms with Gasteiger partial charge in [0.2, 0.25) is 0 Å². The predicted molar refractivity (Wildman–Crippen MR) is 111 cm³/mol. The van der Waals surface area contributed by atoms with Crippen LogP contribution in [0, 0.1) is 13.8 Å². The largest absolute Gasteiger partial charge is 0.361 e. The SMILES string of the molecule is C=CCc1ccccc1CN1CC(=O)N(c2cnn(Cc3c(C)noc3C)c2)C1=O. The minimum Gasteiger partial charge on any atom is -0.361 e. The van der Waals surface area contributed by atoms with E-state index in [1.807, 2.05) is 44.2 Å². The molecule has 3 heterocycles. The van der Waals surface area contributed by atoms with Gasteiger partial charge in [0.1, 0.15) is 12.3 Å². The molecule has 8 heteroatoms. The van der Waals surface area contributed by atoms with E-state index in [9.17, 15) is 9.59 Å². The third kappa shape index (κ3) is 3.63. The third-order valence-electron chi connectivity index (χ3n) is 5.26. The summed E-state index contributed by atoms with van der Waals surface area (Å²) in [6.07, 6.45) is 5.76. The lowest BCUT2D eigenvalue weighted by Gasteiger charge is -2.17. The van der Waals surface area contributed by atoms with Crippen LogP contribution in [0.1, 0.15) is 28.1 Å². The van der Waals surface area contributed by atoms with Crippen LogP contribution in [0.5, 0.6) is 0 Å². The highest BCUT2D eigenvalue weighted by molar-refractivity contribution is 6.19. The number of allylic oxidation sites excluding steroid dienone is 1. The van der Waals surface area contributed by atoms with Gasteiger partial charge in [-0.3, -0.25) is 9.48 Å². The lowest BCUT2D eigenvalue weighted by molar-refractivity contribution is -0.116. The minimum atomic E-state index is -0.342. The molecule has 0 saturated carbocycles. The monoisotopic (exact) mass is 405 g/mol. The Morgan fingerprint density at radius 2 is 1.93 bits per heavy atom. The second kappa shape index (κ2) is 7.98. The van der Waals surface area contributed by atoms with Crippen LogP contribution >= 0.6 is 0 Å². The van der Waals surface area contributed by atoms with Gasteiger partial charge in [0.05, 0.1) is 24.1 Å². The molecular weight excluding hydrogens is 382 g/mol. The number of imide groups is 1. The summed E-state index contributed by atoms with van der Waals surface area (Å²) < 4.78 is 6.85. The molecule has 0 bridgehead atoms. The number of nitrogens with zero attached hydrogens (tertiary/aromatic N) is 5. The first-order valence-electron chi connectivity index (χ1n) is 9.71. The maximum atomic E-state index is 13.0. The van der Waals surface area contributed by atoms with Gasteiger partial charge in [-0.1, -0.05) is 35.5 Å². The molecule has 3 amide bonds. The Hall–Kier alpha value is -3.68. The summed E-state index contributed by atoms with van der Waals surface area (Å²) in [4.78, 5) is 28.3. The van der Waals surface area contributed by atoms with Crippen molar-refractivity contribution in [2.24, 2.45) is 0 Å². The molecule has 1 aromatic carbocycles. The van der Waals surface area contributed by atoms with Crippen LogP contribution in [0.25, 0.3) is 0 Å². The molecule has 3 aromatic rings. The Labute approximate surface area is 174 Å². The topological polar surface area (TPSA) is 84.5 Å². The number of carbonyl (C=O) groups is 2. The zero-order chi connectivity index (χ0) is 21.3. The van der Waals surface area contributed by atoms with Crippen molar-refractivity contribution in [3.63, 3.8) is 0 Å². The molecule has 0 radical (unpaired) electrons. The van der Waals surface area contributed by atoms with E-state index in [2.05, 4.69) is 16.8 Å². The van der Waals surface area contributed by atoms with Gasteiger partial charge < -0.3 is 9.42 Å². The molecule has 0 spiro atoms. The summed E-state index contributed by atoms with van der Waals surface area (Å²) in [7, 11) is 0. The van der Waals surface area contributed by atoms with Gasteiger partial charge in [0, 0.05) is 18.3 Å². The lowest BCUT2D eigenvalue weighted by Crippen LogP contribution is -2.32. The van der Waals surface area contributed by atoms with E-state index in [0.717, 1.165) is 28.1 Å². The van der Waals surface area contributed by atoms with Crippen LogP contribution < -0.4 is 4.90 Å². The van der Waals surface area contributed by atoms with Crippen LogP contribution in [0.4, 0.5) is 10.5 Å². The molecule has 1 saturated heterocycles. The smallest absolute Gasteiger partial charge is 0.332 e. The Kier molecular flexibility index (Phi) is 5.22. The fraction of sp³-hybridized carbons (Fsp3) is 0.273. The number of urea groups is 1. The van der Waals surface area contributed by atoms with Gasteiger partial charge in [-0.25, -0.2) is 9.69 Å². The molecule has 0 N–H and O–H groups in total. The first kappa shape index (κ1) is 19.6. The van der Waals surface area contributed by atoms with Crippen molar-refractivity contribution in [2.45, 2.75) is 33.4 Å². The number of rotatable bonds is 7. The third-order valence-corrected chi connectivity index (χ3v) is 5.26. The van der Waals surface area contributed by atoms with Crippen LogP contribution in [-0.4, -0.2) is 38.3 Å². The Bertz CT molecular complexity index is 1090. The van der Waals surface area contributed by atoms with E-state index < -0.39 is 0 Å². The van der Waals surface area contributed by atoms with Crippen LogP contribution in [0.15, 0.2) is 53.8 Å². The molecule has 1 aliphatic rings. The van der Waals surface area contributed by atoms with E-state index >= 15 is 0 Å². The molecule has 0 unspecified atom stereocenters. The molecular formula is C22H23N5O3. The van der Waals surface area contributed by atoms with E-state index in [-0.39, 0.29) is 18.5 Å². The minimum absolute atomic E-state index is 0.0380. The lowest BCUT2D eigenvalue weighted by atomic mass is 10.0. The van der Waals surface area contributed by atoms with Crippen LogP contribution in [-0.2, 0) is 24.3 Å². The van der Waals surface area contributed by atoms with Gasteiger partial charge >= 0.3 is 6.03 Å². The highest BCUT2D eigenvalue weighted by Gasteiger charge is 2.38. The summed E-state index contributed by atoms with van der Waals surface area (Å²) >= 11 is 0. The molecule has 30 heavy (non-hydrogen) atoms. The number of carbonyl (C=O) groups excluding carboxylic acids is 2. The van der Waals surface area contributed by atoms with Crippen molar-refractivity contribution in [3.8, 4) is 0 Å². The predicted octanol–water partition coefficient (Wildman–Crippen LogP) is 3.23. The number of aryl methyl sites for hydroxylation is 2. The van der Waals surface area contributed by atoms with Crippen molar-refractivity contribution in [1.82, 2.24) is 19.8 Å². The molecule has 154 valence electrons. The first-order chi connectivity index (χ1) is 14.5. The molecule has 8 nitrogen and oxygen atoms in total. The van der Waals surface area contributed by atoms with Gasteiger partial charge in [-0.2, -0.15) is 5.10 Å². The normalized spacial score (nSPS) is 14.1. The molecule has 0 atom stereocenters. The fourth-order valence-electron chi connectivity index (χ4n) is 3.64. The van der Waals surface area contributed by atoms with Crippen LogP contribution in [0.2, 0.25) is 0 Å². The quantitative estimate of drug-likeness (QED) is 0.445. The maximum Gasteiger partial charge on any atom is 0.332 e. The number of anilines is 1. The van der Waals surface area contributed by atoms with Gasteiger partial charge in [-0.15, -0.1) is 6.58 Å². The van der Waals surface area contributed by atoms with Gasteiger partial charge in [0.25, 0.3) is 5.91 Å². The summed E-state index contributed by atoms with van der Waals surface area (Å²) in [5.41, 5.74) is 4.29. The van der Waals surface area contributed by atoms with Crippen molar-refractivity contribution in [1.29, 1.82) is 0 Å². The van der Waals surface area contributed by atoms with Crippen molar-refractivity contribution >= 4 is 17.6 Å². The molecule has 0 aliphatic carbocycles. The highest BCUT2D eigenvalue weighted by Crippen LogP contribution is 2.24. The van der Waals surface area contributed by atoms with Crippen molar-refractivity contribution < 1.29 is 14.1 Å². The summed E-state index contributed by atoms with van der Waals surface area (Å²) in [5.74, 6) is 0.459. The average molecular weight is 405 g/mol. The molecule has 1 fully saturated rings. The second-order valence-corrected chi connectivity index (χ2v) is 7.33. The summed E-state index contributed by atoms with van der Waals surface area (Å²) in [5, 5.41) is 8.25. The van der Waals surface area contributed by atoms with E-state index in [0.29, 0.717) is 25.2 Å². The van der Waals surface area contributed by atoms with Gasteiger partial charge in [0.15, 0.2) is 0 Å². The highest BCUT2D eigenvalue weighted by atomic mass is 16.5. The van der Waals surface area contributed by atoms with Gasteiger partial charge in [-0.05, 0) is 31.4 Å². The molecule has 2 aromatic heterocycles. The number of amides is 3. The summed E-state index contributed by atoms with van der Waals surface area (Å²) in [6.45, 7) is 8.36. The molecule has 4 rings (SSSR count). The Morgan fingerprint density at radius 3 is 2.63 bits per heavy atom. The summed E-state index contributed by atoms with van der Waals surface area (Å²) in [6, 6.07) is 7.53. The number of hydrogen-bond acceptors (Lipinski definition) is 5. The number of aromatic nitrogens is 3. The Balaban J connectivity index is 1.51. The second-order valence-electron chi connectivity index (χ2n) is 7.33. The zero-order valence-electron chi connectivity index (χ0n) is 17.0. The average Bonchev–Trinajstić information content (AvgIpc) is 3.38. The van der Waals surface area contributed by atoms with Crippen molar-refractivity contribution in [3.05, 3.63) is 77.5 Å². The standard InChI is InChI=1S/C22H23N5O3/c1-4-7-17-8-5-6-9-18(17)11-25-14-21(28)27(22(25)29)19-10-23-26(12-19)13-20-15(2)24-30-16(20)3/h4-6,8-10,12H,1,7,11,13-14H2,2-3H3. The first-order valence-corrected chi connectivity index (χ1v) is 9.71. The van der Waals surface area contributed by atoms with Crippen molar-refractivity contribution in [2.75, 3.05) is 11.4 Å².